The third-order valence-corrected chi connectivity index (χ3v) is 4.36. The average molecular weight is 373 g/mol. The first kappa shape index (κ1) is 16.0. The molecule has 120 valence electrons. The molecule has 0 bridgehead atoms. The van der Waals surface area contributed by atoms with E-state index in [4.69, 9.17) is 0 Å². The lowest BCUT2D eigenvalue weighted by Gasteiger charge is -2.13. The molecule has 0 aliphatic heterocycles. The van der Waals surface area contributed by atoms with Gasteiger partial charge in [0, 0.05) is 22.9 Å². The normalized spacial score (nSPS) is 14.2. The molecular weight excluding hydrogens is 352 g/mol. The van der Waals surface area contributed by atoms with Crippen LogP contribution in [0.4, 0.5) is 17.5 Å². The predicted octanol–water partition coefficient (Wildman–Crippen LogP) is 5.29. The van der Waals surface area contributed by atoms with Crippen LogP contribution in [-0.2, 0) is 0 Å². The van der Waals surface area contributed by atoms with Crippen LogP contribution in [0.1, 0.15) is 32.1 Å². The Kier molecular flexibility index (Phi) is 5.64. The zero-order valence-corrected chi connectivity index (χ0v) is 14.6. The number of allylic oxidation sites excluding steroid dienone is 1. The molecule has 1 aliphatic carbocycles. The van der Waals surface area contributed by atoms with Crippen molar-refractivity contribution >= 4 is 33.4 Å². The van der Waals surface area contributed by atoms with E-state index >= 15 is 0 Å². The van der Waals surface area contributed by atoms with Crippen LogP contribution in [0, 0.1) is 0 Å². The highest BCUT2D eigenvalue weighted by molar-refractivity contribution is 9.10. The molecule has 5 heteroatoms. The van der Waals surface area contributed by atoms with Crippen molar-refractivity contribution in [1.29, 1.82) is 0 Å². The molecule has 0 saturated carbocycles. The van der Waals surface area contributed by atoms with Gasteiger partial charge in [-0.3, -0.25) is 0 Å². The van der Waals surface area contributed by atoms with Crippen LogP contribution in [0.5, 0.6) is 0 Å². The summed E-state index contributed by atoms with van der Waals surface area (Å²) in [6.45, 7) is 0.881. The molecule has 1 aromatic carbocycles. The van der Waals surface area contributed by atoms with E-state index in [1.807, 2.05) is 30.3 Å². The number of nitrogens with zero attached hydrogens (tertiary/aromatic N) is 2. The number of anilines is 3. The average Bonchev–Trinajstić information content (AvgIpc) is 2.56. The summed E-state index contributed by atoms with van der Waals surface area (Å²) in [7, 11) is 0. The third-order valence-electron chi connectivity index (χ3n) is 3.87. The zero-order valence-electron chi connectivity index (χ0n) is 13.1. The molecule has 1 aromatic heterocycles. The van der Waals surface area contributed by atoms with Crippen LogP contribution >= 0.6 is 15.9 Å². The molecule has 4 nitrogen and oxygen atoms in total. The van der Waals surface area contributed by atoms with Gasteiger partial charge in [-0.05, 0) is 56.4 Å². The number of hydrogen-bond acceptors (Lipinski definition) is 4. The molecule has 0 radical (unpaired) electrons. The number of aromatic nitrogens is 2. The van der Waals surface area contributed by atoms with E-state index in [2.05, 4.69) is 42.6 Å². The standard InChI is InChI=1S/C18H21BrN4/c19-15-7-4-8-16(13-15)22-17-10-12-21-18(23-17)20-11-9-14-5-2-1-3-6-14/h4-5,7-8,10,12-13H,1-3,6,9,11H2,(H2,20,21,22,23). The Morgan fingerprint density at radius 3 is 2.96 bits per heavy atom. The number of hydrogen-bond donors (Lipinski definition) is 2. The number of nitrogens with one attached hydrogen (secondary N) is 2. The van der Waals surface area contributed by atoms with E-state index in [9.17, 15) is 0 Å². The first-order chi connectivity index (χ1) is 11.3. The zero-order chi connectivity index (χ0) is 15.9. The summed E-state index contributed by atoms with van der Waals surface area (Å²) in [6, 6.07) is 9.89. The Labute approximate surface area is 145 Å². The minimum atomic E-state index is 0.668. The lowest BCUT2D eigenvalue weighted by atomic mass is 9.97. The second kappa shape index (κ2) is 8.11. The minimum absolute atomic E-state index is 0.668. The molecule has 0 amide bonds. The fourth-order valence-corrected chi connectivity index (χ4v) is 3.09. The van der Waals surface area contributed by atoms with E-state index < -0.39 is 0 Å². The monoisotopic (exact) mass is 372 g/mol. The summed E-state index contributed by atoms with van der Waals surface area (Å²) in [5.41, 5.74) is 2.56. The maximum atomic E-state index is 4.51. The Balaban J connectivity index is 1.55. The Morgan fingerprint density at radius 1 is 1.17 bits per heavy atom. The van der Waals surface area contributed by atoms with Crippen molar-refractivity contribution in [2.45, 2.75) is 32.1 Å². The Hall–Kier alpha value is -1.88. The van der Waals surface area contributed by atoms with E-state index in [-0.39, 0.29) is 0 Å². The number of halogens is 1. The van der Waals surface area contributed by atoms with Crippen LogP contribution in [-0.4, -0.2) is 16.5 Å². The molecule has 0 spiro atoms. The maximum absolute atomic E-state index is 4.51. The third kappa shape index (κ3) is 5.06. The van der Waals surface area contributed by atoms with Crippen molar-refractivity contribution in [3.05, 3.63) is 52.7 Å². The molecule has 0 atom stereocenters. The van der Waals surface area contributed by atoms with E-state index in [0.717, 1.165) is 28.9 Å². The molecular formula is C18H21BrN4. The molecule has 2 N–H and O–H groups in total. The topological polar surface area (TPSA) is 49.8 Å². The van der Waals surface area contributed by atoms with Crippen molar-refractivity contribution < 1.29 is 0 Å². The van der Waals surface area contributed by atoms with Gasteiger partial charge in [0.25, 0.3) is 0 Å². The molecule has 0 fully saturated rings. The van der Waals surface area contributed by atoms with Gasteiger partial charge in [-0.25, -0.2) is 4.98 Å². The van der Waals surface area contributed by atoms with Crippen molar-refractivity contribution in [2.24, 2.45) is 0 Å². The van der Waals surface area contributed by atoms with Crippen LogP contribution < -0.4 is 10.6 Å². The smallest absolute Gasteiger partial charge is 0.224 e. The van der Waals surface area contributed by atoms with Gasteiger partial charge < -0.3 is 10.6 Å². The van der Waals surface area contributed by atoms with Gasteiger partial charge in [0.1, 0.15) is 5.82 Å². The lowest BCUT2D eigenvalue weighted by Crippen LogP contribution is -2.08. The van der Waals surface area contributed by atoms with Gasteiger partial charge in [-0.15, -0.1) is 0 Å². The number of rotatable bonds is 6. The molecule has 1 heterocycles. The highest BCUT2D eigenvalue weighted by atomic mass is 79.9. The first-order valence-corrected chi connectivity index (χ1v) is 8.86. The lowest BCUT2D eigenvalue weighted by molar-refractivity contribution is 0.679. The second-order valence-electron chi connectivity index (χ2n) is 5.69. The fraction of sp³-hybridized carbons (Fsp3) is 0.333. The second-order valence-corrected chi connectivity index (χ2v) is 6.60. The molecule has 0 unspecified atom stereocenters. The SMILES string of the molecule is Brc1cccc(Nc2ccnc(NCCC3=CCCCC3)n2)c1. The highest BCUT2D eigenvalue weighted by Gasteiger charge is 2.04. The van der Waals surface area contributed by atoms with Crippen LogP contribution in [0.2, 0.25) is 0 Å². The summed E-state index contributed by atoms with van der Waals surface area (Å²) in [6.07, 6.45) is 10.4. The number of benzene rings is 1. The first-order valence-electron chi connectivity index (χ1n) is 8.07. The summed E-state index contributed by atoms with van der Waals surface area (Å²) < 4.78 is 1.04. The fourth-order valence-electron chi connectivity index (χ4n) is 2.69. The predicted molar refractivity (Wildman–Crippen MR) is 99.1 cm³/mol. The largest absolute Gasteiger partial charge is 0.354 e. The Morgan fingerprint density at radius 2 is 2.13 bits per heavy atom. The minimum Gasteiger partial charge on any atom is -0.354 e. The van der Waals surface area contributed by atoms with Crippen molar-refractivity contribution in [2.75, 3.05) is 17.2 Å². The molecule has 1 aliphatic rings. The quantitative estimate of drug-likeness (QED) is 0.676. The van der Waals surface area contributed by atoms with Crippen molar-refractivity contribution in [1.82, 2.24) is 9.97 Å². The summed E-state index contributed by atoms with van der Waals surface area (Å²) in [5, 5.41) is 6.61. The molecule has 3 rings (SSSR count). The van der Waals surface area contributed by atoms with Gasteiger partial charge in [0.05, 0.1) is 0 Å². The highest BCUT2D eigenvalue weighted by Crippen LogP contribution is 2.21. The van der Waals surface area contributed by atoms with Gasteiger partial charge >= 0.3 is 0 Å². The van der Waals surface area contributed by atoms with E-state index in [0.29, 0.717) is 5.95 Å². The summed E-state index contributed by atoms with van der Waals surface area (Å²) in [4.78, 5) is 8.80. The summed E-state index contributed by atoms with van der Waals surface area (Å²) >= 11 is 3.47. The molecule has 2 aromatic rings. The van der Waals surface area contributed by atoms with E-state index in [1.165, 1.54) is 25.7 Å². The van der Waals surface area contributed by atoms with Crippen molar-refractivity contribution in [3.63, 3.8) is 0 Å². The van der Waals surface area contributed by atoms with Gasteiger partial charge in [0.15, 0.2) is 0 Å². The van der Waals surface area contributed by atoms with Gasteiger partial charge in [0.2, 0.25) is 5.95 Å². The molecule has 0 saturated heterocycles. The van der Waals surface area contributed by atoms with Crippen LogP contribution in [0.25, 0.3) is 0 Å². The van der Waals surface area contributed by atoms with Crippen LogP contribution in [0.3, 0.4) is 0 Å². The summed E-state index contributed by atoms with van der Waals surface area (Å²) in [5.74, 6) is 1.46. The molecule has 23 heavy (non-hydrogen) atoms. The van der Waals surface area contributed by atoms with Crippen LogP contribution in [0.15, 0.2) is 52.7 Å². The van der Waals surface area contributed by atoms with Crippen molar-refractivity contribution in [3.8, 4) is 0 Å². The Bertz CT molecular complexity index is 684. The van der Waals surface area contributed by atoms with E-state index in [1.54, 1.807) is 11.8 Å². The maximum Gasteiger partial charge on any atom is 0.224 e. The van der Waals surface area contributed by atoms with Gasteiger partial charge in [-0.1, -0.05) is 33.6 Å². The van der Waals surface area contributed by atoms with Gasteiger partial charge in [-0.2, -0.15) is 4.98 Å².